The van der Waals surface area contributed by atoms with Crippen LogP contribution in [0.2, 0.25) is 0 Å². The number of nitrogen functional groups attached to an aromatic ring is 1. The van der Waals surface area contributed by atoms with E-state index in [4.69, 9.17) is 5.84 Å². The number of anilines is 1. The number of pyridine rings is 1. The Balaban J connectivity index is 2.22. The van der Waals surface area contributed by atoms with Crippen LogP contribution in [0.5, 0.6) is 0 Å². The summed E-state index contributed by atoms with van der Waals surface area (Å²) >= 11 is 0. The molecule has 2 heterocycles. The maximum absolute atomic E-state index is 12.6. The largest absolute Gasteiger partial charge is 0.334 e. The van der Waals surface area contributed by atoms with Crippen LogP contribution in [0.1, 0.15) is 37.7 Å². The molecule has 2 rings (SSSR count). The average Bonchev–Trinajstić information content (AvgIpc) is 2.42. The Morgan fingerprint density at radius 2 is 2.21 bits per heavy atom. The topological polar surface area (TPSA) is 71.2 Å². The van der Waals surface area contributed by atoms with E-state index in [1.165, 1.54) is 6.42 Å². The SMILES string of the molecule is CC1CC(C)C(C)N(C(=O)c2cc(NN)ccn2)C1. The quantitative estimate of drug-likeness (QED) is 0.630. The van der Waals surface area contributed by atoms with E-state index in [0.29, 0.717) is 23.2 Å². The van der Waals surface area contributed by atoms with Gasteiger partial charge in [-0.1, -0.05) is 13.8 Å². The fourth-order valence-corrected chi connectivity index (χ4v) is 2.77. The summed E-state index contributed by atoms with van der Waals surface area (Å²) in [6.45, 7) is 7.30. The molecule has 3 N–H and O–H groups in total. The molecule has 0 aromatic carbocycles. The van der Waals surface area contributed by atoms with Crippen LogP contribution < -0.4 is 11.3 Å². The molecule has 1 aromatic heterocycles. The van der Waals surface area contributed by atoms with E-state index in [1.54, 1.807) is 18.3 Å². The number of hydrogen-bond acceptors (Lipinski definition) is 4. The van der Waals surface area contributed by atoms with E-state index in [-0.39, 0.29) is 11.9 Å². The molecule has 5 nitrogen and oxygen atoms in total. The zero-order valence-electron chi connectivity index (χ0n) is 11.8. The highest BCUT2D eigenvalue weighted by molar-refractivity contribution is 5.93. The molecule has 1 aliphatic heterocycles. The zero-order valence-corrected chi connectivity index (χ0v) is 11.8. The molecular formula is C14H22N4O. The molecule has 0 saturated carbocycles. The normalized spacial score (nSPS) is 27.2. The fourth-order valence-electron chi connectivity index (χ4n) is 2.77. The van der Waals surface area contributed by atoms with Gasteiger partial charge in [0.25, 0.3) is 5.91 Å². The summed E-state index contributed by atoms with van der Waals surface area (Å²) in [5.41, 5.74) is 3.69. The summed E-state index contributed by atoms with van der Waals surface area (Å²) in [5.74, 6) is 6.41. The molecule has 0 radical (unpaired) electrons. The van der Waals surface area contributed by atoms with Crippen LogP contribution in [-0.2, 0) is 0 Å². The number of rotatable bonds is 2. The van der Waals surface area contributed by atoms with Crippen LogP contribution >= 0.6 is 0 Å². The monoisotopic (exact) mass is 262 g/mol. The van der Waals surface area contributed by atoms with Gasteiger partial charge in [-0.15, -0.1) is 0 Å². The van der Waals surface area contributed by atoms with Crippen LogP contribution in [0.4, 0.5) is 5.69 Å². The third-order valence-electron chi connectivity index (χ3n) is 4.00. The maximum atomic E-state index is 12.6. The second-order valence-corrected chi connectivity index (χ2v) is 5.59. The van der Waals surface area contributed by atoms with E-state index in [0.717, 1.165) is 6.54 Å². The highest BCUT2D eigenvalue weighted by Crippen LogP contribution is 2.28. The van der Waals surface area contributed by atoms with Crippen molar-refractivity contribution in [2.75, 3.05) is 12.0 Å². The number of hydrogen-bond donors (Lipinski definition) is 2. The van der Waals surface area contributed by atoms with Crippen molar-refractivity contribution in [2.24, 2.45) is 17.7 Å². The van der Waals surface area contributed by atoms with Crippen molar-refractivity contribution in [3.63, 3.8) is 0 Å². The second-order valence-electron chi connectivity index (χ2n) is 5.59. The number of carbonyl (C=O) groups excluding carboxylic acids is 1. The molecule has 104 valence electrons. The van der Waals surface area contributed by atoms with Gasteiger partial charge in [-0.3, -0.25) is 15.6 Å². The van der Waals surface area contributed by atoms with Crippen molar-refractivity contribution in [3.8, 4) is 0 Å². The van der Waals surface area contributed by atoms with Gasteiger partial charge in [0.2, 0.25) is 0 Å². The molecule has 1 aliphatic rings. The van der Waals surface area contributed by atoms with E-state index in [2.05, 4.69) is 31.2 Å². The van der Waals surface area contributed by atoms with Crippen LogP contribution in [0.15, 0.2) is 18.3 Å². The van der Waals surface area contributed by atoms with E-state index in [9.17, 15) is 4.79 Å². The summed E-state index contributed by atoms with van der Waals surface area (Å²) in [6, 6.07) is 3.68. The van der Waals surface area contributed by atoms with Crippen molar-refractivity contribution < 1.29 is 4.79 Å². The third kappa shape index (κ3) is 2.87. The predicted molar refractivity (Wildman–Crippen MR) is 75.5 cm³/mol. The average molecular weight is 262 g/mol. The van der Waals surface area contributed by atoms with Gasteiger partial charge in [0.15, 0.2) is 0 Å². The number of hydrazine groups is 1. The first kappa shape index (κ1) is 13.8. The first-order valence-electron chi connectivity index (χ1n) is 6.76. The van der Waals surface area contributed by atoms with Gasteiger partial charge in [-0.05, 0) is 37.3 Å². The van der Waals surface area contributed by atoms with Gasteiger partial charge in [0.1, 0.15) is 5.69 Å². The zero-order chi connectivity index (χ0) is 14.0. The van der Waals surface area contributed by atoms with Crippen molar-refractivity contribution in [3.05, 3.63) is 24.0 Å². The lowest BCUT2D eigenvalue weighted by atomic mass is 9.86. The smallest absolute Gasteiger partial charge is 0.272 e. The van der Waals surface area contributed by atoms with E-state index >= 15 is 0 Å². The molecule has 1 saturated heterocycles. The molecular weight excluding hydrogens is 240 g/mol. The minimum Gasteiger partial charge on any atom is -0.334 e. The summed E-state index contributed by atoms with van der Waals surface area (Å²) in [5, 5.41) is 0. The number of nitrogens with two attached hydrogens (primary N) is 1. The van der Waals surface area contributed by atoms with Gasteiger partial charge in [0, 0.05) is 18.8 Å². The first-order valence-corrected chi connectivity index (χ1v) is 6.76. The Morgan fingerprint density at radius 3 is 2.89 bits per heavy atom. The molecule has 0 bridgehead atoms. The highest BCUT2D eigenvalue weighted by Gasteiger charge is 2.32. The predicted octanol–water partition coefficient (Wildman–Crippen LogP) is 1.87. The van der Waals surface area contributed by atoms with Crippen molar-refractivity contribution >= 4 is 11.6 Å². The van der Waals surface area contributed by atoms with Gasteiger partial charge in [-0.2, -0.15) is 0 Å². The summed E-state index contributed by atoms with van der Waals surface area (Å²) < 4.78 is 0. The Hall–Kier alpha value is -1.62. The lowest BCUT2D eigenvalue weighted by Crippen LogP contribution is -2.49. The van der Waals surface area contributed by atoms with Gasteiger partial charge in [-0.25, -0.2) is 0 Å². The van der Waals surface area contributed by atoms with Crippen molar-refractivity contribution in [1.82, 2.24) is 9.88 Å². The Kier molecular flexibility index (Phi) is 4.04. The molecule has 19 heavy (non-hydrogen) atoms. The number of carbonyl (C=O) groups is 1. The Bertz CT molecular complexity index is 463. The highest BCUT2D eigenvalue weighted by atomic mass is 16.2. The molecule has 0 spiro atoms. The van der Waals surface area contributed by atoms with Crippen LogP contribution in [-0.4, -0.2) is 28.4 Å². The second kappa shape index (κ2) is 5.57. The minimum atomic E-state index is -0.0111. The molecule has 0 aliphatic carbocycles. The number of piperidine rings is 1. The van der Waals surface area contributed by atoms with Gasteiger partial charge >= 0.3 is 0 Å². The molecule has 1 aromatic rings. The maximum Gasteiger partial charge on any atom is 0.272 e. The fraction of sp³-hybridized carbons (Fsp3) is 0.571. The number of aromatic nitrogens is 1. The summed E-state index contributed by atoms with van der Waals surface area (Å²) in [4.78, 5) is 18.7. The first-order chi connectivity index (χ1) is 9.02. The minimum absolute atomic E-state index is 0.0111. The van der Waals surface area contributed by atoms with Crippen LogP contribution in [0.25, 0.3) is 0 Å². The number of amides is 1. The number of likely N-dealkylation sites (tertiary alicyclic amines) is 1. The summed E-state index contributed by atoms with van der Waals surface area (Å²) in [7, 11) is 0. The van der Waals surface area contributed by atoms with Crippen molar-refractivity contribution in [1.29, 1.82) is 0 Å². The van der Waals surface area contributed by atoms with Crippen LogP contribution in [0, 0.1) is 11.8 Å². The standard InChI is InChI=1S/C14H22N4O/c1-9-6-10(2)11(3)18(8-9)14(19)13-7-12(17-15)4-5-16-13/h4-5,7,9-11H,6,8,15H2,1-3H3,(H,16,17). The molecule has 3 atom stereocenters. The Labute approximate surface area is 114 Å². The summed E-state index contributed by atoms with van der Waals surface area (Å²) in [6.07, 6.45) is 2.77. The van der Waals surface area contributed by atoms with E-state index < -0.39 is 0 Å². The van der Waals surface area contributed by atoms with Gasteiger partial charge < -0.3 is 10.3 Å². The molecule has 3 unspecified atom stereocenters. The van der Waals surface area contributed by atoms with E-state index in [1.807, 2.05) is 4.90 Å². The third-order valence-corrected chi connectivity index (χ3v) is 4.00. The molecule has 1 amide bonds. The van der Waals surface area contributed by atoms with Gasteiger partial charge in [0.05, 0.1) is 5.69 Å². The molecule has 1 fully saturated rings. The number of nitrogens with zero attached hydrogens (tertiary/aromatic N) is 2. The molecule has 5 heteroatoms. The lowest BCUT2D eigenvalue weighted by molar-refractivity contribution is 0.0450. The lowest BCUT2D eigenvalue weighted by Gasteiger charge is -2.41. The van der Waals surface area contributed by atoms with Crippen molar-refractivity contribution in [2.45, 2.75) is 33.2 Å². The van der Waals surface area contributed by atoms with Crippen LogP contribution in [0.3, 0.4) is 0 Å². The Morgan fingerprint density at radius 1 is 1.47 bits per heavy atom. The number of nitrogens with one attached hydrogen (secondary N) is 1.